The summed E-state index contributed by atoms with van der Waals surface area (Å²) < 4.78 is 13.8. The second-order valence-electron chi connectivity index (χ2n) is 3.88. The number of nitrogens with one attached hydrogen (secondary N) is 1. The molecule has 1 aromatic heterocycles. The fourth-order valence-corrected chi connectivity index (χ4v) is 2.59. The maximum atomic E-state index is 12.8. The van der Waals surface area contributed by atoms with Crippen LogP contribution in [0.2, 0.25) is 0 Å². The summed E-state index contributed by atoms with van der Waals surface area (Å²) in [7, 11) is 0. The van der Waals surface area contributed by atoms with Gasteiger partial charge in [0.1, 0.15) is 5.82 Å². The Morgan fingerprint density at radius 2 is 1.89 bits per heavy atom. The van der Waals surface area contributed by atoms with Gasteiger partial charge in [0.15, 0.2) is 5.13 Å². The summed E-state index contributed by atoms with van der Waals surface area (Å²) in [6.45, 7) is 0. The maximum Gasteiger partial charge on any atom is 0.188 e. The van der Waals surface area contributed by atoms with Crippen LogP contribution in [0.5, 0.6) is 0 Å². The van der Waals surface area contributed by atoms with Gasteiger partial charge < -0.3 is 11.1 Å². The Morgan fingerprint density at radius 3 is 2.67 bits per heavy atom. The van der Waals surface area contributed by atoms with Crippen LogP contribution >= 0.6 is 11.3 Å². The highest BCUT2D eigenvalue weighted by Crippen LogP contribution is 2.29. The molecule has 5 heteroatoms. The van der Waals surface area contributed by atoms with Gasteiger partial charge in [-0.2, -0.15) is 0 Å². The molecule has 90 valence electrons. The summed E-state index contributed by atoms with van der Waals surface area (Å²) in [5, 5.41) is 3.91. The summed E-state index contributed by atoms with van der Waals surface area (Å²) >= 11 is 1.51. The van der Waals surface area contributed by atoms with E-state index in [0.29, 0.717) is 0 Å². The Kier molecular flexibility index (Phi) is 2.60. The SMILES string of the molecule is Nc1ccc2nc(Nc3ccc(F)cc3)sc2c1. The fraction of sp³-hybridized carbons (Fsp3) is 0. The molecule has 1 heterocycles. The first-order chi connectivity index (χ1) is 8.70. The predicted octanol–water partition coefficient (Wildman–Crippen LogP) is 3.76. The molecule has 3 N–H and O–H groups in total. The monoisotopic (exact) mass is 259 g/mol. The van der Waals surface area contributed by atoms with E-state index in [2.05, 4.69) is 10.3 Å². The van der Waals surface area contributed by atoms with Crippen LogP contribution in [0.4, 0.5) is 20.9 Å². The molecule has 0 unspecified atom stereocenters. The normalized spacial score (nSPS) is 10.7. The van der Waals surface area contributed by atoms with Crippen LogP contribution in [0.1, 0.15) is 0 Å². The van der Waals surface area contributed by atoms with Gasteiger partial charge in [0.25, 0.3) is 0 Å². The lowest BCUT2D eigenvalue weighted by Gasteiger charge is -2.00. The maximum absolute atomic E-state index is 12.8. The number of benzene rings is 2. The quantitative estimate of drug-likeness (QED) is 0.689. The minimum atomic E-state index is -0.252. The molecular formula is C13H10FN3S. The topological polar surface area (TPSA) is 50.9 Å². The van der Waals surface area contributed by atoms with Crippen LogP contribution in [-0.4, -0.2) is 4.98 Å². The molecule has 0 saturated carbocycles. The van der Waals surface area contributed by atoms with E-state index in [1.54, 1.807) is 12.1 Å². The number of anilines is 3. The Morgan fingerprint density at radius 1 is 1.11 bits per heavy atom. The first kappa shape index (κ1) is 11.0. The van der Waals surface area contributed by atoms with Crippen molar-refractivity contribution < 1.29 is 4.39 Å². The molecule has 3 aromatic rings. The highest BCUT2D eigenvalue weighted by Gasteiger charge is 2.04. The van der Waals surface area contributed by atoms with Crippen molar-refractivity contribution in [3.05, 3.63) is 48.3 Å². The van der Waals surface area contributed by atoms with Gasteiger partial charge >= 0.3 is 0 Å². The van der Waals surface area contributed by atoms with Gasteiger partial charge in [-0.05, 0) is 42.5 Å². The van der Waals surface area contributed by atoms with Crippen molar-refractivity contribution in [1.29, 1.82) is 0 Å². The number of thiazole rings is 1. The smallest absolute Gasteiger partial charge is 0.188 e. The number of hydrogen-bond acceptors (Lipinski definition) is 4. The number of nitrogen functional groups attached to an aromatic ring is 1. The van der Waals surface area contributed by atoms with Gasteiger partial charge in [0.05, 0.1) is 10.2 Å². The number of aromatic nitrogens is 1. The summed E-state index contributed by atoms with van der Waals surface area (Å²) in [4.78, 5) is 4.43. The van der Waals surface area contributed by atoms with Crippen LogP contribution in [0.3, 0.4) is 0 Å². The average molecular weight is 259 g/mol. The van der Waals surface area contributed by atoms with Gasteiger partial charge in [-0.1, -0.05) is 11.3 Å². The summed E-state index contributed by atoms with van der Waals surface area (Å²) in [5.41, 5.74) is 8.15. The molecule has 0 aliphatic rings. The zero-order valence-electron chi connectivity index (χ0n) is 9.35. The number of halogens is 1. The van der Waals surface area contributed by atoms with Crippen LogP contribution in [0.25, 0.3) is 10.2 Å². The van der Waals surface area contributed by atoms with Crippen molar-refractivity contribution in [2.45, 2.75) is 0 Å². The minimum Gasteiger partial charge on any atom is -0.399 e. The molecule has 0 amide bonds. The second kappa shape index (κ2) is 4.27. The Bertz CT molecular complexity index is 691. The molecule has 3 nitrogen and oxygen atoms in total. The highest BCUT2D eigenvalue weighted by molar-refractivity contribution is 7.22. The van der Waals surface area contributed by atoms with Crippen molar-refractivity contribution in [2.24, 2.45) is 0 Å². The van der Waals surface area contributed by atoms with E-state index in [0.717, 1.165) is 26.7 Å². The third-order valence-electron chi connectivity index (χ3n) is 2.51. The number of rotatable bonds is 2. The highest BCUT2D eigenvalue weighted by atomic mass is 32.1. The van der Waals surface area contributed by atoms with Crippen LogP contribution < -0.4 is 11.1 Å². The molecule has 18 heavy (non-hydrogen) atoms. The van der Waals surface area contributed by atoms with Crippen LogP contribution in [0, 0.1) is 5.82 Å². The molecule has 0 fully saturated rings. The van der Waals surface area contributed by atoms with Gasteiger partial charge in [-0.3, -0.25) is 0 Å². The average Bonchev–Trinajstić information content (AvgIpc) is 2.73. The van der Waals surface area contributed by atoms with E-state index in [-0.39, 0.29) is 5.82 Å². The van der Waals surface area contributed by atoms with Gasteiger partial charge in [0.2, 0.25) is 0 Å². The van der Waals surface area contributed by atoms with Crippen molar-refractivity contribution in [3.8, 4) is 0 Å². The molecule has 0 spiro atoms. The lowest BCUT2D eigenvalue weighted by Crippen LogP contribution is -1.88. The number of hydrogen-bond donors (Lipinski definition) is 2. The summed E-state index contributed by atoms with van der Waals surface area (Å²) in [5.74, 6) is -0.252. The van der Waals surface area contributed by atoms with E-state index in [1.807, 2.05) is 18.2 Å². The zero-order valence-corrected chi connectivity index (χ0v) is 10.2. The molecule has 2 aromatic carbocycles. The Hall–Kier alpha value is -2.14. The Balaban J connectivity index is 1.92. The first-order valence-corrected chi connectivity index (χ1v) is 6.21. The zero-order chi connectivity index (χ0) is 12.5. The third-order valence-corrected chi connectivity index (χ3v) is 3.44. The van der Waals surface area contributed by atoms with Crippen molar-refractivity contribution >= 4 is 38.1 Å². The standard InChI is InChI=1S/C13H10FN3S/c14-8-1-4-10(5-2-8)16-13-17-11-6-3-9(15)7-12(11)18-13/h1-7H,15H2,(H,16,17). The molecule has 3 rings (SSSR count). The number of fused-ring (bicyclic) bond motifs is 1. The fourth-order valence-electron chi connectivity index (χ4n) is 1.65. The van der Waals surface area contributed by atoms with E-state index in [4.69, 9.17) is 5.73 Å². The van der Waals surface area contributed by atoms with E-state index < -0.39 is 0 Å². The lowest BCUT2D eigenvalue weighted by molar-refractivity contribution is 0.628. The largest absolute Gasteiger partial charge is 0.399 e. The van der Waals surface area contributed by atoms with Gasteiger partial charge in [-0.25, -0.2) is 9.37 Å². The number of nitrogens with two attached hydrogens (primary N) is 1. The second-order valence-corrected chi connectivity index (χ2v) is 4.91. The number of nitrogens with zero attached hydrogens (tertiary/aromatic N) is 1. The Labute approximate surface area is 107 Å². The minimum absolute atomic E-state index is 0.252. The summed E-state index contributed by atoms with van der Waals surface area (Å²) in [6, 6.07) is 11.8. The molecule has 0 aliphatic carbocycles. The van der Waals surface area contributed by atoms with E-state index >= 15 is 0 Å². The molecule has 0 aliphatic heterocycles. The lowest BCUT2D eigenvalue weighted by atomic mass is 10.3. The van der Waals surface area contributed by atoms with Crippen LogP contribution in [0.15, 0.2) is 42.5 Å². The molecule has 0 bridgehead atoms. The first-order valence-electron chi connectivity index (χ1n) is 5.39. The van der Waals surface area contributed by atoms with Gasteiger partial charge in [0, 0.05) is 11.4 Å². The molecule has 0 radical (unpaired) electrons. The van der Waals surface area contributed by atoms with Crippen molar-refractivity contribution in [2.75, 3.05) is 11.1 Å². The van der Waals surface area contributed by atoms with Gasteiger partial charge in [-0.15, -0.1) is 0 Å². The van der Waals surface area contributed by atoms with Crippen LogP contribution in [-0.2, 0) is 0 Å². The third kappa shape index (κ3) is 2.12. The van der Waals surface area contributed by atoms with E-state index in [9.17, 15) is 4.39 Å². The van der Waals surface area contributed by atoms with Crippen molar-refractivity contribution in [3.63, 3.8) is 0 Å². The predicted molar refractivity (Wildman–Crippen MR) is 73.7 cm³/mol. The molecular weight excluding hydrogens is 249 g/mol. The molecule has 0 saturated heterocycles. The molecule has 0 atom stereocenters. The van der Waals surface area contributed by atoms with E-state index in [1.165, 1.54) is 23.5 Å². The van der Waals surface area contributed by atoms with Crippen molar-refractivity contribution in [1.82, 2.24) is 4.98 Å². The summed E-state index contributed by atoms with van der Waals surface area (Å²) in [6.07, 6.45) is 0.